The van der Waals surface area contributed by atoms with Gasteiger partial charge in [0.05, 0.1) is 44.6 Å². The van der Waals surface area contributed by atoms with Gasteiger partial charge < -0.3 is 30.2 Å². The summed E-state index contributed by atoms with van der Waals surface area (Å²) in [5.41, 5.74) is 2.76. The zero-order chi connectivity index (χ0) is 31.5. The lowest BCUT2D eigenvalue weighted by molar-refractivity contribution is -0.123. The molecule has 3 N–H and O–H groups in total. The number of sulfone groups is 1. The first-order valence-corrected chi connectivity index (χ1v) is 16.3. The lowest BCUT2D eigenvalue weighted by atomic mass is 9.95. The third kappa shape index (κ3) is 6.90. The summed E-state index contributed by atoms with van der Waals surface area (Å²) in [5.74, 6) is 0.549. The van der Waals surface area contributed by atoms with Crippen LogP contribution in [0, 0.1) is 5.92 Å². The first-order valence-electron chi connectivity index (χ1n) is 14.5. The highest BCUT2D eigenvalue weighted by Gasteiger charge is 2.33. The standard InChI is InChI=1S/C31H41N3O8S/c1-7-17(2)28(31(37)33-20-12-13-43(38,39)16-20)34-24-11-9-21-22(15-25(24)36)23(32-18(3)35)10-8-19-14-26(40-4)29(41-5)30(42-6)27(19)21/h9,11,14-15,17,20,23,28H,7-8,10,12-13,16H2,1-6H3,(H,32,35)(H,33,37)(H,34,36)/t17-,20?,23+,28+/m0/s1. The SMILES string of the molecule is CC[C@H](C)[C@@H](Nc1ccc2c(cc1=O)[C@H](NC(C)=O)CCc1cc(OC)c(OC)c(OC)c1-2)C(=O)NC1CCS(=O)(=O)C1. The smallest absolute Gasteiger partial charge is 0.243 e. The second-order valence-corrected chi connectivity index (χ2v) is 13.4. The second-order valence-electron chi connectivity index (χ2n) is 11.2. The van der Waals surface area contributed by atoms with E-state index in [4.69, 9.17) is 14.2 Å². The van der Waals surface area contributed by atoms with Crippen LogP contribution in [0.1, 0.15) is 57.2 Å². The molecule has 0 spiro atoms. The Morgan fingerprint density at radius 2 is 1.74 bits per heavy atom. The Bertz CT molecular complexity index is 1560. The molecule has 0 aromatic heterocycles. The monoisotopic (exact) mass is 615 g/mol. The molecule has 4 rings (SSSR count). The van der Waals surface area contributed by atoms with Crippen LogP contribution in [0.4, 0.5) is 5.69 Å². The minimum absolute atomic E-state index is 0.0429. The number of anilines is 1. The Kier molecular flexibility index (Phi) is 9.89. The van der Waals surface area contributed by atoms with Gasteiger partial charge in [0.15, 0.2) is 21.3 Å². The molecule has 1 saturated heterocycles. The highest BCUT2D eigenvalue weighted by molar-refractivity contribution is 7.91. The summed E-state index contributed by atoms with van der Waals surface area (Å²) in [4.78, 5) is 39.4. The predicted octanol–water partition coefficient (Wildman–Crippen LogP) is 2.99. The molecule has 1 heterocycles. The minimum atomic E-state index is -3.18. The van der Waals surface area contributed by atoms with E-state index in [1.54, 1.807) is 19.2 Å². The fraction of sp³-hybridized carbons (Fsp3) is 0.516. The zero-order valence-electron chi connectivity index (χ0n) is 25.5. The van der Waals surface area contributed by atoms with Crippen LogP contribution in [0.5, 0.6) is 17.2 Å². The summed E-state index contributed by atoms with van der Waals surface area (Å²) in [6.07, 6.45) is 2.10. The van der Waals surface area contributed by atoms with Crippen molar-refractivity contribution < 1.29 is 32.2 Å². The summed E-state index contributed by atoms with van der Waals surface area (Å²) in [7, 11) is 1.43. The van der Waals surface area contributed by atoms with Gasteiger partial charge in [-0.05, 0) is 60.1 Å². The van der Waals surface area contributed by atoms with Gasteiger partial charge in [-0.2, -0.15) is 0 Å². The molecule has 1 unspecified atom stereocenters. The molecular formula is C31H41N3O8S. The summed E-state index contributed by atoms with van der Waals surface area (Å²) >= 11 is 0. The van der Waals surface area contributed by atoms with Crippen molar-refractivity contribution in [3.8, 4) is 28.4 Å². The summed E-state index contributed by atoms with van der Waals surface area (Å²) in [5, 5.41) is 9.02. The molecule has 11 nitrogen and oxygen atoms in total. The minimum Gasteiger partial charge on any atom is -0.493 e. The van der Waals surface area contributed by atoms with Crippen molar-refractivity contribution in [3.63, 3.8) is 0 Å². The van der Waals surface area contributed by atoms with Crippen LogP contribution in [-0.2, 0) is 25.8 Å². The Morgan fingerprint density at radius 1 is 1.02 bits per heavy atom. The highest BCUT2D eigenvalue weighted by Crippen LogP contribution is 2.50. The molecular weight excluding hydrogens is 574 g/mol. The van der Waals surface area contributed by atoms with Crippen molar-refractivity contribution in [3.05, 3.63) is 45.6 Å². The number of hydrogen-bond acceptors (Lipinski definition) is 9. The molecule has 1 fully saturated rings. The van der Waals surface area contributed by atoms with Crippen LogP contribution < -0.4 is 35.6 Å². The van der Waals surface area contributed by atoms with E-state index in [0.29, 0.717) is 54.1 Å². The largest absolute Gasteiger partial charge is 0.493 e. The molecule has 0 radical (unpaired) electrons. The summed E-state index contributed by atoms with van der Waals surface area (Å²) < 4.78 is 41.0. The fourth-order valence-electron chi connectivity index (χ4n) is 5.90. The number of rotatable bonds is 10. The highest BCUT2D eigenvalue weighted by atomic mass is 32.2. The van der Waals surface area contributed by atoms with Gasteiger partial charge in [0.2, 0.25) is 23.0 Å². The molecule has 2 aromatic carbocycles. The Balaban J connectivity index is 1.83. The van der Waals surface area contributed by atoms with E-state index in [1.165, 1.54) is 27.2 Å². The number of amides is 2. The van der Waals surface area contributed by atoms with Crippen LogP contribution in [0.25, 0.3) is 11.1 Å². The number of hydrogen-bond donors (Lipinski definition) is 3. The van der Waals surface area contributed by atoms with Crippen molar-refractivity contribution in [2.24, 2.45) is 5.92 Å². The van der Waals surface area contributed by atoms with E-state index in [0.717, 1.165) is 11.1 Å². The topological polar surface area (TPSA) is 149 Å². The van der Waals surface area contributed by atoms with Crippen molar-refractivity contribution in [2.45, 2.75) is 64.6 Å². The van der Waals surface area contributed by atoms with Gasteiger partial charge >= 0.3 is 0 Å². The van der Waals surface area contributed by atoms with E-state index in [2.05, 4.69) is 16.0 Å². The van der Waals surface area contributed by atoms with Crippen molar-refractivity contribution in [1.82, 2.24) is 10.6 Å². The molecule has 2 amide bonds. The van der Waals surface area contributed by atoms with Gasteiger partial charge in [0, 0.05) is 18.5 Å². The maximum atomic E-state index is 13.8. The first-order chi connectivity index (χ1) is 20.4. The number of fused-ring (bicyclic) bond motifs is 3. The zero-order valence-corrected chi connectivity index (χ0v) is 26.4. The lowest BCUT2D eigenvalue weighted by Gasteiger charge is -2.25. The van der Waals surface area contributed by atoms with Crippen LogP contribution in [0.2, 0.25) is 0 Å². The number of methoxy groups -OCH3 is 3. The molecule has 1 aliphatic carbocycles. The molecule has 2 aromatic rings. The number of ether oxygens (including phenoxy) is 3. The number of aryl methyl sites for hydroxylation is 1. The molecule has 1 aliphatic heterocycles. The predicted molar refractivity (Wildman–Crippen MR) is 165 cm³/mol. The second kappa shape index (κ2) is 13.2. The molecule has 2 aliphatic rings. The normalized spacial score (nSPS) is 20.0. The molecule has 0 bridgehead atoms. The van der Waals surface area contributed by atoms with Crippen molar-refractivity contribution in [2.75, 3.05) is 38.2 Å². The Hall–Kier alpha value is -3.80. The molecule has 12 heteroatoms. The van der Waals surface area contributed by atoms with Gasteiger partial charge in [-0.25, -0.2) is 8.42 Å². The van der Waals surface area contributed by atoms with Crippen LogP contribution in [0.3, 0.4) is 0 Å². The fourth-order valence-corrected chi connectivity index (χ4v) is 7.57. The van der Waals surface area contributed by atoms with E-state index >= 15 is 0 Å². The van der Waals surface area contributed by atoms with E-state index in [1.807, 2.05) is 19.9 Å². The molecule has 43 heavy (non-hydrogen) atoms. The first kappa shape index (κ1) is 32.1. The average molecular weight is 616 g/mol. The maximum Gasteiger partial charge on any atom is 0.243 e. The van der Waals surface area contributed by atoms with Crippen LogP contribution in [0.15, 0.2) is 29.1 Å². The summed E-state index contributed by atoms with van der Waals surface area (Å²) in [6.45, 7) is 5.28. The molecule has 234 valence electrons. The average Bonchev–Trinajstić information content (AvgIpc) is 3.14. The van der Waals surface area contributed by atoms with E-state index in [-0.39, 0.29) is 40.4 Å². The maximum absolute atomic E-state index is 13.8. The van der Waals surface area contributed by atoms with Gasteiger partial charge in [0.1, 0.15) is 6.04 Å². The molecule has 0 saturated carbocycles. The van der Waals surface area contributed by atoms with Crippen molar-refractivity contribution in [1.29, 1.82) is 0 Å². The van der Waals surface area contributed by atoms with Gasteiger partial charge in [-0.1, -0.05) is 26.3 Å². The van der Waals surface area contributed by atoms with Crippen molar-refractivity contribution >= 4 is 27.3 Å². The van der Waals surface area contributed by atoms with Gasteiger partial charge in [-0.15, -0.1) is 0 Å². The Labute approximate surface area is 252 Å². The van der Waals surface area contributed by atoms with Gasteiger partial charge in [-0.3, -0.25) is 14.4 Å². The summed E-state index contributed by atoms with van der Waals surface area (Å²) in [6, 6.07) is 5.11. The van der Waals surface area contributed by atoms with Crippen LogP contribution in [-0.4, -0.2) is 65.2 Å². The van der Waals surface area contributed by atoms with Crippen LogP contribution >= 0.6 is 0 Å². The van der Waals surface area contributed by atoms with E-state index < -0.39 is 28.0 Å². The quantitative estimate of drug-likeness (QED) is 0.367. The molecule has 4 atom stereocenters. The number of carbonyl (C=O) groups excluding carboxylic acids is 2. The number of nitrogens with one attached hydrogen (secondary N) is 3. The van der Waals surface area contributed by atoms with Gasteiger partial charge in [0.25, 0.3) is 0 Å². The van der Waals surface area contributed by atoms with E-state index in [9.17, 15) is 22.8 Å². The lowest BCUT2D eigenvalue weighted by Crippen LogP contribution is -2.48. The third-order valence-corrected chi connectivity index (χ3v) is 10.1. The third-order valence-electron chi connectivity index (χ3n) is 8.30. The number of carbonyl (C=O) groups is 2. The number of benzene rings is 1. The Morgan fingerprint density at radius 3 is 2.33 bits per heavy atom.